The highest BCUT2D eigenvalue weighted by Crippen LogP contribution is 2.27. The fourth-order valence-corrected chi connectivity index (χ4v) is 2.68. The van der Waals surface area contributed by atoms with Gasteiger partial charge in [-0.05, 0) is 30.3 Å². The lowest BCUT2D eigenvalue weighted by molar-refractivity contribution is 0.414. The van der Waals surface area contributed by atoms with Crippen LogP contribution >= 0.6 is 0 Å². The predicted octanol–water partition coefficient (Wildman–Crippen LogP) is 2.98. The van der Waals surface area contributed by atoms with E-state index in [0.717, 1.165) is 0 Å². The molecule has 0 heterocycles. The number of nitrogens with one attached hydrogen (secondary N) is 1. The van der Waals surface area contributed by atoms with E-state index in [-0.39, 0.29) is 16.3 Å². The van der Waals surface area contributed by atoms with Gasteiger partial charge in [-0.3, -0.25) is 4.72 Å². The molecular weight excluding hydrogens is 278 g/mol. The van der Waals surface area contributed by atoms with Crippen molar-refractivity contribution in [1.82, 2.24) is 0 Å². The molecule has 102 valence electrons. The Kier molecular flexibility index (Phi) is 3.86. The quantitative estimate of drug-likeness (QED) is 0.877. The Hall–Kier alpha value is -2.59. The van der Waals surface area contributed by atoms with Gasteiger partial charge in [0.15, 0.2) is 4.98 Å². The number of ether oxygens (including phenoxy) is 1. The SMILES string of the molecule is COc1ccc(S(=O)(=O)Nc2ccccc2[N+]#N)cc1. The van der Waals surface area contributed by atoms with Crippen molar-refractivity contribution in [1.29, 1.82) is 5.39 Å². The molecule has 0 bridgehead atoms. The summed E-state index contributed by atoms with van der Waals surface area (Å²) in [5.41, 5.74) is 0.343. The largest absolute Gasteiger partial charge is 0.497 e. The summed E-state index contributed by atoms with van der Waals surface area (Å²) < 4.78 is 31.7. The molecule has 2 aromatic carbocycles. The molecule has 0 aliphatic rings. The topological polar surface area (TPSA) is 83.6 Å². The van der Waals surface area contributed by atoms with Crippen LogP contribution in [0.1, 0.15) is 0 Å². The Balaban J connectivity index is 2.33. The van der Waals surface area contributed by atoms with Crippen molar-refractivity contribution in [3.63, 3.8) is 0 Å². The summed E-state index contributed by atoms with van der Waals surface area (Å²) in [6.45, 7) is 0. The van der Waals surface area contributed by atoms with E-state index in [0.29, 0.717) is 5.75 Å². The van der Waals surface area contributed by atoms with Crippen LogP contribution in [0.15, 0.2) is 53.4 Å². The van der Waals surface area contributed by atoms with E-state index in [9.17, 15) is 8.42 Å². The summed E-state index contributed by atoms with van der Waals surface area (Å²) in [7, 11) is -2.25. The highest BCUT2D eigenvalue weighted by Gasteiger charge is 2.20. The molecule has 0 amide bonds. The van der Waals surface area contributed by atoms with Gasteiger partial charge in [0.25, 0.3) is 10.0 Å². The molecular formula is C13H12N3O3S+. The second-order valence-electron chi connectivity index (χ2n) is 3.90. The number of rotatable bonds is 4. The van der Waals surface area contributed by atoms with Gasteiger partial charge in [0, 0.05) is 6.07 Å². The Labute approximate surface area is 116 Å². The zero-order valence-corrected chi connectivity index (χ0v) is 11.5. The van der Waals surface area contributed by atoms with Gasteiger partial charge in [0.05, 0.1) is 12.0 Å². The number of diazo groups is 1. The second kappa shape index (κ2) is 5.59. The lowest BCUT2D eigenvalue weighted by Gasteiger charge is -2.07. The number of hydrogen-bond acceptors (Lipinski definition) is 4. The standard InChI is InChI=1S/C13H12N3O3S/c1-19-10-6-8-11(9-7-10)20(17,18)16-13-5-3-2-4-12(13)15-14/h2-9,16H,1H3/q+1. The number of hydrogen-bond donors (Lipinski definition) is 1. The van der Waals surface area contributed by atoms with Crippen molar-refractivity contribution >= 4 is 21.4 Å². The first-order chi connectivity index (χ1) is 9.56. The lowest BCUT2D eigenvalue weighted by atomic mass is 10.3. The van der Waals surface area contributed by atoms with Crippen LogP contribution in [0.5, 0.6) is 5.75 Å². The average molecular weight is 290 g/mol. The molecule has 0 fully saturated rings. The maximum Gasteiger partial charge on any atom is 0.408 e. The Morgan fingerprint density at radius 3 is 2.35 bits per heavy atom. The van der Waals surface area contributed by atoms with Gasteiger partial charge >= 0.3 is 5.69 Å². The number of sulfonamides is 1. The van der Waals surface area contributed by atoms with Crippen molar-refractivity contribution in [2.75, 3.05) is 11.8 Å². The molecule has 0 aromatic heterocycles. The first kappa shape index (κ1) is 13.8. The van der Waals surface area contributed by atoms with E-state index in [4.69, 9.17) is 10.1 Å². The van der Waals surface area contributed by atoms with Gasteiger partial charge in [0.2, 0.25) is 5.39 Å². The van der Waals surface area contributed by atoms with Gasteiger partial charge in [-0.2, -0.15) is 0 Å². The highest BCUT2D eigenvalue weighted by atomic mass is 32.2. The first-order valence-corrected chi connectivity index (χ1v) is 7.16. The molecule has 1 N–H and O–H groups in total. The first-order valence-electron chi connectivity index (χ1n) is 5.68. The minimum atomic E-state index is -3.75. The maximum atomic E-state index is 12.2. The number of nitrogens with zero attached hydrogens (tertiary/aromatic N) is 2. The predicted molar refractivity (Wildman–Crippen MR) is 75.0 cm³/mol. The van der Waals surface area contributed by atoms with Gasteiger partial charge < -0.3 is 4.74 Å². The van der Waals surface area contributed by atoms with Gasteiger partial charge in [-0.25, -0.2) is 8.42 Å². The summed E-state index contributed by atoms with van der Waals surface area (Å²) in [4.78, 5) is 3.12. The van der Waals surface area contributed by atoms with Gasteiger partial charge in [-0.15, -0.1) is 0 Å². The molecule has 0 spiro atoms. The van der Waals surface area contributed by atoms with Crippen LogP contribution in [0.2, 0.25) is 0 Å². The zero-order chi connectivity index (χ0) is 14.6. The summed E-state index contributed by atoms with van der Waals surface area (Å²) >= 11 is 0. The molecule has 0 aliphatic carbocycles. The highest BCUT2D eigenvalue weighted by molar-refractivity contribution is 7.92. The molecule has 2 aromatic rings. The van der Waals surface area contributed by atoms with Crippen molar-refractivity contribution in [2.24, 2.45) is 0 Å². The van der Waals surface area contributed by atoms with Crippen LogP contribution in [0, 0.1) is 5.39 Å². The van der Waals surface area contributed by atoms with E-state index in [1.807, 2.05) is 0 Å². The third kappa shape index (κ3) is 2.87. The van der Waals surface area contributed by atoms with E-state index in [1.54, 1.807) is 24.3 Å². The van der Waals surface area contributed by atoms with Crippen molar-refractivity contribution in [3.8, 4) is 5.75 Å². The summed E-state index contributed by atoms with van der Waals surface area (Å²) in [6.07, 6.45) is 0. The van der Waals surface area contributed by atoms with E-state index < -0.39 is 10.0 Å². The molecule has 0 unspecified atom stereocenters. The number of anilines is 1. The molecule has 0 saturated heterocycles. The van der Waals surface area contributed by atoms with Crippen LogP contribution in [-0.4, -0.2) is 15.5 Å². The zero-order valence-electron chi connectivity index (χ0n) is 10.6. The van der Waals surface area contributed by atoms with Crippen LogP contribution in [0.25, 0.3) is 4.98 Å². The average Bonchev–Trinajstić information content (AvgIpc) is 2.47. The molecule has 2 rings (SSSR count). The molecule has 6 nitrogen and oxygen atoms in total. The monoisotopic (exact) mass is 290 g/mol. The normalized spacial score (nSPS) is 10.6. The third-order valence-electron chi connectivity index (χ3n) is 2.63. The van der Waals surface area contributed by atoms with Crippen LogP contribution in [0.4, 0.5) is 11.4 Å². The maximum absolute atomic E-state index is 12.2. The molecule has 0 radical (unpaired) electrons. The fraction of sp³-hybridized carbons (Fsp3) is 0.0769. The second-order valence-corrected chi connectivity index (χ2v) is 5.58. The van der Waals surface area contributed by atoms with E-state index in [1.165, 1.54) is 31.4 Å². The van der Waals surface area contributed by atoms with Crippen molar-refractivity contribution < 1.29 is 13.2 Å². The molecule has 0 atom stereocenters. The lowest BCUT2D eigenvalue weighted by Crippen LogP contribution is -2.12. The van der Waals surface area contributed by atoms with E-state index in [2.05, 4.69) is 9.70 Å². The third-order valence-corrected chi connectivity index (χ3v) is 4.01. The number of methoxy groups -OCH3 is 1. The minimum absolute atomic E-state index is 0.0889. The fourth-order valence-electron chi connectivity index (χ4n) is 1.61. The minimum Gasteiger partial charge on any atom is -0.497 e. The number of para-hydroxylation sites is 1. The molecule has 0 aliphatic heterocycles. The molecule has 20 heavy (non-hydrogen) atoms. The van der Waals surface area contributed by atoms with Crippen LogP contribution in [0.3, 0.4) is 0 Å². The smallest absolute Gasteiger partial charge is 0.408 e. The van der Waals surface area contributed by atoms with Gasteiger partial charge in [-0.1, -0.05) is 12.1 Å². The summed E-state index contributed by atoms with van der Waals surface area (Å²) in [6, 6.07) is 12.2. The van der Waals surface area contributed by atoms with Crippen LogP contribution < -0.4 is 9.46 Å². The summed E-state index contributed by atoms with van der Waals surface area (Å²) in [5, 5.41) is 8.83. The Morgan fingerprint density at radius 2 is 1.75 bits per heavy atom. The molecule has 7 heteroatoms. The number of benzene rings is 2. The van der Waals surface area contributed by atoms with Crippen LogP contribution in [-0.2, 0) is 10.0 Å². The van der Waals surface area contributed by atoms with Crippen molar-refractivity contribution in [2.45, 2.75) is 4.90 Å². The Morgan fingerprint density at radius 1 is 1.10 bits per heavy atom. The Bertz CT molecular complexity index is 749. The van der Waals surface area contributed by atoms with Crippen molar-refractivity contribution in [3.05, 3.63) is 53.5 Å². The van der Waals surface area contributed by atoms with E-state index >= 15 is 0 Å². The molecule has 0 saturated carbocycles. The van der Waals surface area contributed by atoms with Gasteiger partial charge in [0.1, 0.15) is 11.4 Å². The summed E-state index contributed by atoms with van der Waals surface area (Å²) in [5.74, 6) is 0.565.